The maximum Gasteiger partial charge on any atom is 0.342 e. The number of ether oxygens (including phenoxy) is 4. The van der Waals surface area contributed by atoms with Crippen LogP contribution in [0.25, 0.3) is 0 Å². The number of nitrogens with zero attached hydrogens (tertiary/aromatic N) is 2. The number of alkyl halides is 1. The van der Waals surface area contributed by atoms with Crippen molar-refractivity contribution in [1.82, 2.24) is 10.3 Å². The summed E-state index contributed by atoms with van der Waals surface area (Å²) in [6.07, 6.45) is -4.98. The summed E-state index contributed by atoms with van der Waals surface area (Å²) in [5.74, 6) is -2.24. The molecule has 1 fully saturated rings. The second-order valence-corrected chi connectivity index (χ2v) is 5.77. The first-order valence-corrected chi connectivity index (χ1v) is 8.33. The molecule has 0 aromatic heterocycles. The van der Waals surface area contributed by atoms with Gasteiger partial charge in [-0.25, -0.2) is 4.79 Å². The molecule has 1 rings (SSSR count). The molecule has 12 nitrogen and oxygen atoms in total. The summed E-state index contributed by atoms with van der Waals surface area (Å²) < 4.78 is 20.6. The van der Waals surface area contributed by atoms with Crippen LogP contribution in [0.5, 0.6) is 0 Å². The first kappa shape index (κ1) is 22.6. The minimum atomic E-state index is -1.35. The maximum absolute atomic E-state index is 12.1. The molecule has 152 valence electrons. The molecule has 2 amide bonds. The quantitative estimate of drug-likeness (QED) is 0.202. The molecule has 0 radical (unpaired) electrons. The molecule has 1 aliphatic rings. The summed E-state index contributed by atoms with van der Waals surface area (Å²) in [5.41, 5.74) is 0. The van der Waals surface area contributed by atoms with Gasteiger partial charge in [0.2, 0.25) is 0 Å². The zero-order valence-corrected chi connectivity index (χ0v) is 15.6. The topological polar surface area (TPSA) is 150 Å². The Hall–Kier alpha value is -2.47. The van der Waals surface area contributed by atoms with Crippen molar-refractivity contribution in [3.63, 3.8) is 0 Å². The number of urea groups is 1. The molecule has 0 bridgehead atoms. The van der Waals surface area contributed by atoms with Crippen LogP contribution in [0.1, 0.15) is 20.8 Å². The maximum atomic E-state index is 12.1. The van der Waals surface area contributed by atoms with Crippen molar-refractivity contribution >= 4 is 35.5 Å². The fourth-order valence-electron chi connectivity index (χ4n) is 2.32. The van der Waals surface area contributed by atoms with E-state index in [-0.39, 0.29) is 19.0 Å². The van der Waals surface area contributed by atoms with Gasteiger partial charge in [0, 0.05) is 26.7 Å². The number of hydrogen-bond acceptors (Lipinski definition) is 10. The van der Waals surface area contributed by atoms with Gasteiger partial charge in [-0.2, -0.15) is 5.01 Å². The molecule has 27 heavy (non-hydrogen) atoms. The molecule has 0 aromatic rings. The molecule has 0 aromatic carbocycles. The summed E-state index contributed by atoms with van der Waals surface area (Å²) in [6.45, 7) is 2.89. The van der Waals surface area contributed by atoms with Crippen molar-refractivity contribution in [1.29, 1.82) is 0 Å². The number of rotatable bonds is 7. The van der Waals surface area contributed by atoms with Crippen LogP contribution in [0.2, 0.25) is 0 Å². The molecule has 0 aliphatic carbocycles. The highest BCUT2D eigenvalue weighted by atomic mass is 35.5. The van der Waals surface area contributed by atoms with Crippen molar-refractivity contribution in [2.75, 3.05) is 19.0 Å². The summed E-state index contributed by atoms with van der Waals surface area (Å²) in [6, 6.07) is -0.972. The normalized spacial score (nSPS) is 24.3. The average Bonchev–Trinajstić information content (AvgIpc) is 2.56. The van der Waals surface area contributed by atoms with Crippen LogP contribution in [0.3, 0.4) is 0 Å². The molecule has 4 atom stereocenters. The highest BCUT2D eigenvalue weighted by Crippen LogP contribution is 2.23. The van der Waals surface area contributed by atoms with Crippen LogP contribution in [-0.4, -0.2) is 72.5 Å². The second kappa shape index (κ2) is 10.6. The van der Waals surface area contributed by atoms with Gasteiger partial charge in [-0.1, -0.05) is 0 Å². The van der Waals surface area contributed by atoms with Gasteiger partial charge in [-0.05, 0) is 0 Å². The number of nitrogens with one attached hydrogen (secondary N) is 1. The Morgan fingerprint density at radius 3 is 2.11 bits per heavy atom. The summed E-state index contributed by atoms with van der Waals surface area (Å²) in [7, 11) is 0. The molecule has 13 heteroatoms. The minimum absolute atomic E-state index is 0.0529. The number of halogens is 1. The third kappa shape index (κ3) is 6.98. The Kier molecular flexibility index (Phi) is 8.88. The zero-order valence-electron chi connectivity index (χ0n) is 14.9. The van der Waals surface area contributed by atoms with E-state index >= 15 is 0 Å². The van der Waals surface area contributed by atoms with Gasteiger partial charge in [-0.15, -0.1) is 16.5 Å². The number of carbonyl (C=O) groups excluding carboxylic acids is 4. The van der Waals surface area contributed by atoms with E-state index in [1.807, 2.05) is 0 Å². The lowest BCUT2D eigenvalue weighted by molar-refractivity contribution is -0.228. The average molecular weight is 410 g/mol. The first-order chi connectivity index (χ1) is 12.7. The van der Waals surface area contributed by atoms with Crippen LogP contribution in [0, 0.1) is 4.91 Å². The highest BCUT2D eigenvalue weighted by molar-refractivity contribution is 6.18. The minimum Gasteiger partial charge on any atom is -0.456 e. The lowest BCUT2D eigenvalue weighted by Crippen LogP contribution is -2.63. The number of hydrogen-bond donors (Lipinski definition) is 1. The SMILES string of the molecule is CC(=O)O[C@@H]1[C@H](OC(C)=O)[C@H](OC(C)=O)CO[C@@H]1NC(=O)N(CCCl)N=O. The van der Waals surface area contributed by atoms with E-state index < -0.39 is 48.5 Å². The van der Waals surface area contributed by atoms with E-state index in [9.17, 15) is 24.1 Å². The van der Waals surface area contributed by atoms with E-state index in [0.29, 0.717) is 5.01 Å². The van der Waals surface area contributed by atoms with Crippen molar-refractivity contribution < 1.29 is 38.1 Å². The van der Waals surface area contributed by atoms with Gasteiger partial charge in [0.25, 0.3) is 0 Å². The van der Waals surface area contributed by atoms with Gasteiger partial charge < -0.3 is 24.3 Å². The van der Waals surface area contributed by atoms with Crippen molar-refractivity contribution in [2.24, 2.45) is 5.29 Å². The molecule has 1 saturated heterocycles. The Balaban J connectivity index is 3.06. The van der Waals surface area contributed by atoms with E-state index in [1.54, 1.807) is 0 Å². The molecule has 1 N–H and O–H groups in total. The third-order valence-corrected chi connectivity index (χ3v) is 3.41. The molecular formula is C14H20ClN3O9. The lowest BCUT2D eigenvalue weighted by Gasteiger charge is -2.40. The van der Waals surface area contributed by atoms with Gasteiger partial charge in [0.05, 0.1) is 18.4 Å². The largest absolute Gasteiger partial charge is 0.456 e. The number of esters is 3. The van der Waals surface area contributed by atoms with Gasteiger partial charge in [0.15, 0.2) is 24.5 Å². The van der Waals surface area contributed by atoms with E-state index in [2.05, 4.69) is 10.6 Å². The second-order valence-electron chi connectivity index (χ2n) is 5.39. The summed E-state index contributed by atoms with van der Waals surface area (Å²) in [5, 5.41) is 5.31. The molecule has 1 heterocycles. The number of carbonyl (C=O) groups is 4. The fourth-order valence-corrected chi connectivity index (χ4v) is 2.48. The highest BCUT2D eigenvalue weighted by Gasteiger charge is 2.47. The predicted octanol–water partition coefficient (Wildman–Crippen LogP) is 0.0696. The predicted molar refractivity (Wildman–Crippen MR) is 88.2 cm³/mol. The molecule has 0 saturated carbocycles. The van der Waals surface area contributed by atoms with Crippen molar-refractivity contribution in [3.05, 3.63) is 4.91 Å². The smallest absolute Gasteiger partial charge is 0.342 e. The van der Waals surface area contributed by atoms with Crippen LogP contribution in [-0.2, 0) is 33.3 Å². The number of amides is 2. The van der Waals surface area contributed by atoms with Crippen LogP contribution >= 0.6 is 11.6 Å². The van der Waals surface area contributed by atoms with E-state index in [0.717, 1.165) is 20.8 Å². The molecular weight excluding hydrogens is 390 g/mol. The van der Waals surface area contributed by atoms with Crippen molar-refractivity contribution in [2.45, 2.75) is 45.3 Å². The van der Waals surface area contributed by atoms with Crippen LogP contribution in [0.15, 0.2) is 5.29 Å². The Morgan fingerprint density at radius 2 is 1.63 bits per heavy atom. The van der Waals surface area contributed by atoms with Gasteiger partial charge in [-0.3, -0.25) is 14.4 Å². The fraction of sp³-hybridized carbons (Fsp3) is 0.714. The molecule has 0 spiro atoms. The lowest BCUT2D eigenvalue weighted by atomic mass is 10.0. The summed E-state index contributed by atoms with van der Waals surface area (Å²) in [4.78, 5) is 57.0. The summed E-state index contributed by atoms with van der Waals surface area (Å²) >= 11 is 5.48. The van der Waals surface area contributed by atoms with Gasteiger partial charge in [0.1, 0.15) is 0 Å². The third-order valence-electron chi connectivity index (χ3n) is 3.25. The van der Waals surface area contributed by atoms with Gasteiger partial charge >= 0.3 is 23.9 Å². The molecule has 0 unspecified atom stereocenters. The Morgan fingerprint density at radius 1 is 1.07 bits per heavy atom. The van der Waals surface area contributed by atoms with E-state index in [4.69, 9.17) is 30.5 Å². The zero-order chi connectivity index (χ0) is 20.6. The van der Waals surface area contributed by atoms with Crippen LogP contribution in [0.4, 0.5) is 4.79 Å². The van der Waals surface area contributed by atoms with Crippen molar-refractivity contribution in [3.8, 4) is 0 Å². The Bertz CT molecular complexity index is 588. The standard InChI is InChI=1S/C14H20ClN3O9/c1-7(19)25-10-6-24-13(16-14(22)18(17-23)5-4-15)12(27-9(3)21)11(10)26-8(2)20/h10-13H,4-6H2,1-3H3,(H,16,22)/t10-,11-,12-,13+/m1/s1. The monoisotopic (exact) mass is 409 g/mol. The first-order valence-electron chi connectivity index (χ1n) is 7.80. The van der Waals surface area contributed by atoms with Crippen LogP contribution < -0.4 is 5.32 Å². The number of nitroso groups, excluding NO2 is 1. The van der Waals surface area contributed by atoms with E-state index in [1.165, 1.54) is 0 Å². The molecule has 1 aliphatic heterocycles. The Labute approximate surface area is 159 Å².